The Morgan fingerprint density at radius 3 is 2.83 bits per heavy atom. The first-order valence-electron chi connectivity index (χ1n) is 7.95. The molecule has 0 saturated carbocycles. The van der Waals surface area contributed by atoms with Crippen LogP contribution in [0, 0.1) is 0 Å². The van der Waals surface area contributed by atoms with Gasteiger partial charge >= 0.3 is 6.03 Å². The third kappa shape index (κ3) is 5.47. The molecular weight excluding hydrogens is 328 g/mol. The second-order valence-corrected chi connectivity index (χ2v) is 6.07. The van der Waals surface area contributed by atoms with Crippen molar-refractivity contribution >= 4 is 44.3 Å². The van der Waals surface area contributed by atoms with Gasteiger partial charge in [0.25, 0.3) is 0 Å². The zero-order valence-corrected chi connectivity index (χ0v) is 14.7. The summed E-state index contributed by atoms with van der Waals surface area (Å²) in [6.45, 7) is 5.60. The number of hydrogen-bond donors (Lipinski definition) is 3. The second kappa shape index (κ2) is 9.19. The highest BCUT2D eigenvalue weighted by molar-refractivity contribution is 7.22. The minimum Gasteiger partial charge on any atom is -0.382 e. The van der Waals surface area contributed by atoms with Crippen molar-refractivity contribution in [2.45, 2.75) is 26.7 Å². The maximum Gasteiger partial charge on any atom is 0.319 e. The Morgan fingerprint density at radius 2 is 2.08 bits per heavy atom. The van der Waals surface area contributed by atoms with Crippen molar-refractivity contribution in [2.75, 3.05) is 30.4 Å². The number of anilines is 2. The van der Waals surface area contributed by atoms with E-state index in [0.717, 1.165) is 16.6 Å². The third-order valence-corrected chi connectivity index (χ3v) is 4.10. The Hall–Kier alpha value is -2.19. The number of thiazole rings is 1. The van der Waals surface area contributed by atoms with Crippen LogP contribution in [0.1, 0.15) is 26.7 Å². The van der Waals surface area contributed by atoms with E-state index in [2.05, 4.69) is 20.9 Å². The van der Waals surface area contributed by atoms with Gasteiger partial charge in [-0.1, -0.05) is 18.3 Å². The number of amides is 3. The van der Waals surface area contributed by atoms with Gasteiger partial charge < -0.3 is 20.7 Å². The molecule has 0 unspecified atom stereocenters. The molecule has 3 amide bonds. The molecule has 24 heavy (non-hydrogen) atoms. The van der Waals surface area contributed by atoms with Crippen LogP contribution in [0.25, 0.3) is 10.2 Å². The number of nitrogens with zero attached hydrogens (tertiary/aromatic N) is 1. The van der Waals surface area contributed by atoms with Gasteiger partial charge in [0.05, 0.1) is 10.2 Å². The van der Waals surface area contributed by atoms with Gasteiger partial charge in [-0.25, -0.2) is 9.78 Å². The number of fused-ring (bicyclic) bond motifs is 1. The van der Waals surface area contributed by atoms with Crippen molar-refractivity contribution < 1.29 is 14.3 Å². The van der Waals surface area contributed by atoms with Crippen LogP contribution in [0.2, 0.25) is 0 Å². The topological polar surface area (TPSA) is 92.3 Å². The molecule has 1 aromatic carbocycles. The molecule has 0 spiro atoms. The van der Waals surface area contributed by atoms with E-state index in [9.17, 15) is 9.59 Å². The molecule has 0 radical (unpaired) electrons. The van der Waals surface area contributed by atoms with E-state index >= 15 is 0 Å². The van der Waals surface area contributed by atoms with Crippen molar-refractivity contribution in [3.63, 3.8) is 0 Å². The van der Waals surface area contributed by atoms with Crippen LogP contribution in [0.15, 0.2) is 18.2 Å². The molecule has 2 rings (SSSR count). The second-order valence-electron chi connectivity index (χ2n) is 5.03. The largest absolute Gasteiger partial charge is 0.382 e. The van der Waals surface area contributed by atoms with Crippen molar-refractivity contribution in [3.05, 3.63) is 18.2 Å². The molecule has 3 N–H and O–H groups in total. The smallest absolute Gasteiger partial charge is 0.319 e. The number of aromatic nitrogens is 1. The molecular formula is C16H22N4O3S. The Balaban J connectivity index is 1.90. The molecule has 130 valence electrons. The van der Waals surface area contributed by atoms with E-state index in [0.29, 0.717) is 37.0 Å². The lowest BCUT2D eigenvalue weighted by Gasteiger charge is -2.07. The summed E-state index contributed by atoms with van der Waals surface area (Å²) in [5.74, 6) is -0.0705. The molecule has 2 aromatic rings. The Bertz CT molecular complexity index is 702. The summed E-state index contributed by atoms with van der Waals surface area (Å²) < 4.78 is 6.11. The Kier molecular flexibility index (Phi) is 6.95. The Morgan fingerprint density at radius 1 is 1.25 bits per heavy atom. The van der Waals surface area contributed by atoms with E-state index < -0.39 is 0 Å². The first-order valence-corrected chi connectivity index (χ1v) is 8.77. The summed E-state index contributed by atoms with van der Waals surface area (Å²) in [6, 6.07) is 5.19. The molecule has 0 aliphatic rings. The van der Waals surface area contributed by atoms with Crippen LogP contribution >= 0.6 is 11.3 Å². The first-order chi connectivity index (χ1) is 11.6. The lowest BCUT2D eigenvalue weighted by Crippen LogP contribution is -2.30. The third-order valence-electron chi connectivity index (χ3n) is 3.17. The van der Waals surface area contributed by atoms with Gasteiger partial charge in [-0.2, -0.15) is 0 Å². The zero-order chi connectivity index (χ0) is 17.4. The SMILES string of the molecule is CCOCCCNC(=O)Nc1ccc2nc(NC(=O)CC)sc2c1. The maximum absolute atomic E-state index is 11.8. The molecule has 0 saturated heterocycles. The van der Waals surface area contributed by atoms with Gasteiger partial charge in [-0.15, -0.1) is 0 Å². The molecule has 1 aromatic heterocycles. The monoisotopic (exact) mass is 350 g/mol. The number of benzene rings is 1. The molecule has 0 aliphatic carbocycles. The number of urea groups is 1. The van der Waals surface area contributed by atoms with Crippen LogP contribution in [0.5, 0.6) is 0 Å². The fourth-order valence-corrected chi connectivity index (χ4v) is 2.88. The number of carbonyl (C=O) groups is 2. The number of ether oxygens (including phenoxy) is 1. The lowest BCUT2D eigenvalue weighted by molar-refractivity contribution is -0.115. The first kappa shape index (κ1) is 18.2. The summed E-state index contributed by atoms with van der Waals surface area (Å²) in [4.78, 5) is 27.6. The van der Waals surface area contributed by atoms with E-state index in [-0.39, 0.29) is 11.9 Å². The molecule has 0 atom stereocenters. The van der Waals surface area contributed by atoms with Crippen LogP contribution in [0.3, 0.4) is 0 Å². The van der Waals surface area contributed by atoms with Gasteiger partial charge in [0.15, 0.2) is 5.13 Å². The molecule has 0 bridgehead atoms. The Labute approximate surface area is 144 Å². The summed E-state index contributed by atoms with van der Waals surface area (Å²) in [5, 5.41) is 8.87. The number of rotatable bonds is 8. The predicted molar refractivity (Wildman–Crippen MR) is 96.7 cm³/mol. The predicted octanol–water partition coefficient (Wildman–Crippen LogP) is 3.19. The molecule has 0 aliphatic heterocycles. The average molecular weight is 350 g/mol. The van der Waals surface area contributed by atoms with Crippen LogP contribution < -0.4 is 16.0 Å². The van der Waals surface area contributed by atoms with E-state index in [1.54, 1.807) is 13.0 Å². The van der Waals surface area contributed by atoms with E-state index in [1.165, 1.54) is 11.3 Å². The van der Waals surface area contributed by atoms with E-state index in [4.69, 9.17) is 4.74 Å². The summed E-state index contributed by atoms with van der Waals surface area (Å²) in [6.07, 6.45) is 1.18. The fraction of sp³-hybridized carbons (Fsp3) is 0.438. The van der Waals surface area contributed by atoms with Gasteiger partial charge in [0.2, 0.25) is 5.91 Å². The minimum atomic E-state index is -0.255. The number of hydrogen-bond acceptors (Lipinski definition) is 5. The van der Waals surface area contributed by atoms with Gasteiger partial charge in [0.1, 0.15) is 0 Å². The van der Waals surface area contributed by atoms with E-state index in [1.807, 2.05) is 19.1 Å². The quantitative estimate of drug-likeness (QED) is 0.638. The normalized spacial score (nSPS) is 10.6. The van der Waals surface area contributed by atoms with Crippen LogP contribution in [-0.2, 0) is 9.53 Å². The lowest BCUT2D eigenvalue weighted by atomic mass is 10.3. The van der Waals surface area contributed by atoms with Gasteiger partial charge in [0, 0.05) is 31.9 Å². The summed E-state index contributed by atoms with van der Waals surface area (Å²) >= 11 is 1.38. The summed E-state index contributed by atoms with van der Waals surface area (Å²) in [7, 11) is 0. The minimum absolute atomic E-state index is 0.0705. The highest BCUT2D eigenvalue weighted by atomic mass is 32.1. The zero-order valence-electron chi connectivity index (χ0n) is 13.8. The summed E-state index contributed by atoms with van der Waals surface area (Å²) in [5.41, 5.74) is 1.47. The number of carbonyl (C=O) groups excluding carboxylic acids is 2. The molecule has 1 heterocycles. The van der Waals surface area contributed by atoms with Gasteiger partial charge in [-0.05, 0) is 31.5 Å². The van der Waals surface area contributed by atoms with Crippen molar-refractivity contribution in [3.8, 4) is 0 Å². The average Bonchev–Trinajstić information content (AvgIpc) is 2.95. The van der Waals surface area contributed by atoms with Gasteiger partial charge in [-0.3, -0.25) is 4.79 Å². The fourth-order valence-electron chi connectivity index (χ4n) is 1.96. The molecule has 0 fully saturated rings. The molecule has 7 nitrogen and oxygen atoms in total. The highest BCUT2D eigenvalue weighted by Crippen LogP contribution is 2.28. The van der Waals surface area contributed by atoms with Crippen molar-refractivity contribution in [1.29, 1.82) is 0 Å². The van der Waals surface area contributed by atoms with Crippen molar-refractivity contribution in [2.24, 2.45) is 0 Å². The molecule has 8 heteroatoms. The van der Waals surface area contributed by atoms with Crippen LogP contribution in [-0.4, -0.2) is 36.7 Å². The number of nitrogens with one attached hydrogen (secondary N) is 3. The van der Waals surface area contributed by atoms with Crippen LogP contribution in [0.4, 0.5) is 15.6 Å². The highest BCUT2D eigenvalue weighted by Gasteiger charge is 2.08. The van der Waals surface area contributed by atoms with Crippen molar-refractivity contribution in [1.82, 2.24) is 10.3 Å². The standard InChI is InChI=1S/C16H22N4O3S/c1-3-14(21)20-16-19-12-7-6-11(10-13(12)24-16)18-15(22)17-8-5-9-23-4-2/h6-7,10H,3-5,8-9H2,1-2H3,(H2,17,18,22)(H,19,20,21). The maximum atomic E-state index is 11.8.